The van der Waals surface area contributed by atoms with Crippen LogP contribution in [-0.4, -0.2) is 28.6 Å². The number of nitro benzene ring substituents is 1. The van der Waals surface area contributed by atoms with Gasteiger partial charge in [0.1, 0.15) is 0 Å². The van der Waals surface area contributed by atoms with Gasteiger partial charge in [-0.25, -0.2) is 0 Å². The van der Waals surface area contributed by atoms with Gasteiger partial charge in [-0.05, 0) is 32.2 Å². The first-order valence-electron chi connectivity index (χ1n) is 7.16. The molecule has 1 aliphatic rings. The Hall–Kier alpha value is -1.46. The van der Waals surface area contributed by atoms with E-state index in [9.17, 15) is 10.1 Å². The summed E-state index contributed by atoms with van der Waals surface area (Å²) in [6.45, 7) is 6.14. The molecule has 0 radical (unpaired) electrons. The molecule has 0 saturated carbocycles. The average Bonchev–Trinajstić information content (AvgIpc) is 2.38. The van der Waals surface area contributed by atoms with Crippen LogP contribution in [0.15, 0.2) is 24.3 Å². The molecule has 1 heterocycles. The minimum atomic E-state index is -0.541. The molecule has 20 heavy (non-hydrogen) atoms. The number of nitro groups is 1. The van der Waals surface area contributed by atoms with E-state index in [0.29, 0.717) is 17.9 Å². The van der Waals surface area contributed by atoms with Crippen LogP contribution in [0.4, 0.5) is 5.69 Å². The van der Waals surface area contributed by atoms with Gasteiger partial charge in [0.05, 0.1) is 10.6 Å². The van der Waals surface area contributed by atoms with Crippen LogP contribution in [0.5, 0.6) is 0 Å². The predicted molar refractivity (Wildman–Crippen MR) is 79.4 cm³/mol. The summed E-state index contributed by atoms with van der Waals surface area (Å²) in [7, 11) is 0. The van der Waals surface area contributed by atoms with Gasteiger partial charge < -0.3 is 5.73 Å². The lowest BCUT2D eigenvalue weighted by Crippen LogP contribution is -2.58. The number of rotatable bonds is 4. The van der Waals surface area contributed by atoms with Crippen molar-refractivity contribution in [2.75, 3.05) is 13.1 Å². The highest BCUT2D eigenvalue weighted by Gasteiger charge is 2.32. The van der Waals surface area contributed by atoms with Gasteiger partial charge in [0.2, 0.25) is 0 Å². The number of nitrogens with two attached hydrogens (primary N) is 1. The fourth-order valence-electron chi connectivity index (χ4n) is 2.99. The number of hydrogen-bond acceptors (Lipinski definition) is 4. The van der Waals surface area contributed by atoms with Crippen molar-refractivity contribution in [1.29, 1.82) is 0 Å². The van der Waals surface area contributed by atoms with Crippen molar-refractivity contribution in [2.45, 2.75) is 38.8 Å². The smallest absolute Gasteiger partial charge is 0.272 e. The largest absolute Gasteiger partial charge is 0.313 e. The van der Waals surface area contributed by atoms with Gasteiger partial charge in [-0.15, -0.1) is 0 Å². The van der Waals surface area contributed by atoms with Gasteiger partial charge in [-0.2, -0.15) is 0 Å². The normalized spacial score (nSPS) is 23.2. The Balaban J connectivity index is 2.17. The molecule has 2 N–H and O–H groups in total. The molecule has 2 atom stereocenters. The van der Waals surface area contributed by atoms with Gasteiger partial charge >= 0.3 is 0 Å². The molecule has 2 unspecified atom stereocenters. The highest BCUT2D eigenvalue weighted by Crippen LogP contribution is 2.27. The van der Waals surface area contributed by atoms with E-state index in [0.717, 1.165) is 19.5 Å². The maximum atomic E-state index is 11.1. The van der Waals surface area contributed by atoms with Crippen LogP contribution < -0.4 is 5.73 Å². The third kappa shape index (κ3) is 3.35. The second-order valence-corrected chi connectivity index (χ2v) is 6.11. The van der Waals surface area contributed by atoms with Gasteiger partial charge in [-0.3, -0.25) is 15.0 Å². The third-order valence-electron chi connectivity index (χ3n) is 4.12. The van der Waals surface area contributed by atoms with Crippen molar-refractivity contribution in [3.63, 3.8) is 0 Å². The topological polar surface area (TPSA) is 72.4 Å². The van der Waals surface area contributed by atoms with Gasteiger partial charge in [0.25, 0.3) is 5.69 Å². The van der Waals surface area contributed by atoms with Crippen molar-refractivity contribution < 1.29 is 4.92 Å². The zero-order valence-corrected chi connectivity index (χ0v) is 12.2. The fraction of sp³-hybridized carbons (Fsp3) is 0.600. The molecule has 0 spiro atoms. The molecular weight excluding hydrogens is 254 g/mol. The molecule has 0 bridgehead atoms. The average molecular weight is 277 g/mol. The molecule has 5 heteroatoms. The molecule has 1 aliphatic heterocycles. The second-order valence-electron chi connectivity index (χ2n) is 6.11. The molecule has 1 aromatic rings. The number of benzene rings is 1. The Bertz CT molecular complexity index is 488. The Morgan fingerprint density at radius 2 is 2.20 bits per heavy atom. The van der Waals surface area contributed by atoms with Crippen molar-refractivity contribution in [1.82, 2.24) is 4.90 Å². The van der Waals surface area contributed by atoms with E-state index in [1.807, 2.05) is 13.0 Å². The van der Waals surface area contributed by atoms with E-state index in [4.69, 9.17) is 5.73 Å². The van der Waals surface area contributed by atoms with E-state index in [2.05, 4.69) is 11.8 Å². The maximum Gasteiger partial charge on any atom is 0.272 e. The standard InChI is InChI=1S/C15H23N3O2/c1-12-6-5-9-17(11-12)15(2,16)10-13-7-3-4-8-14(13)18(19)20/h3-4,7-8,12H,5-6,9-11,16H2,1-2H3. The molecule has 0 aliphatic carbocycles. The van der Waals surface area contributed by atoms with Crippen LogP contribution in [0.25, 0.3) is 0 Å². The second kappa shape index (κ2) is 5.89. The van der Waals surface area contributed by atoms with Gasteiger partial charge in [-0.1, -0.05) is 25.1 Å². The molecule has 5 nitrogen and oxygen atoms in total. The summed E-state index contributed by atoms with van der Waals surface area (Å²) in [5, 5.41) is 11.1. The maximum absolute atomic E-state index is 11.1. The van der Waals surface area contributed by atoms with Gasteiger partial charge in [0, 0.05) is 24.6 Å². The number of para-hydroxylation sites is 1. The van der Waals surface area contributed by atoms with Crippen LogP contribution in [-0.2, 0) is 6.42 Å². The lowest BCUT2D eigenvalue weighted by molar-refractivity contribution is -0.385. The predicted octanol–water partition coefficient (Wildman–Crippen LogP) is 2.54. The van der Waals surface area contributed by atoms with Crippen molar-refractivity contribution >= 4 is 5.69 Å². The van der Waals surface area contributed by atoms with E-state index in [1.165, 1.54) is 6.42 Å². The highest BCUT2D eigenvalue weighted by atomic mass is 16.6. The van der Waals surface area contributed by atoms with E-state index < -0.39 is 5.66 Å². The first-order chi connectivity index (χ1) is 9.40. The summed E-state index contributed by atoms with van der Waals surface area (Å²) < 4.78 is 0. The molecule has 1 aromatic carbocycles. The molecule has 110 valence electrons. The summed E-state index contributed by atoms with van der Waals surface area (Å²) in [5.74, 6) is 0.636. The summed E-state index contributed by atoms with van der Waals surface area (Å²) in [4.78, 5) is 13.0. The quantitative estimate of drug-likeness (QED) is 0.678. The Morgan fingerprint density at radius 3 is 2.85 bits per heavy atom. The molecule has 0 aromatic heterocycles. The van der Waals surface area contributed by atoms with Crippen LogP contribution in [0.1, 0.15) is 32.3 Å². The van der Waals surface area contributed by atoms with Crippen LogP contribution in [0.2, 0.25) is 0 Å². The number of piperidine rings is 1. The SMILES string of the molecule is CC1CCCN(C(C)(N)Cc2ccccc2[N+](=O)[O-])C1. The first-order valence-corrected chi connectivity index (χ1v) is 7.16. The summed E-state index contributed by atoms with van der Waals surface area (Å²) in [6, 6.07) is 6.87. The summed E-state index contributed by atoms with van der Waals surface area (Å²) >= 11 is 0. The Kier molecular flexibility index (Phi) is 4.40. The molecule has 2 rings (SSSR count). The van der Waals surface area contributed by atoms with Crippen molar-refractivity contribution in [2.24, 2.45) is 11.7 Å². The van der Waals surface area contributed by atoms with Crippen molar-refractivity contribution in [3.05, 3.63) is 39.9 Å². The highest BCUT2D eigenvalue weighted by molar-refractivity contribution is 5.40. The van der Waals surface area contributed by atoms with Crippen LogP contribution in [0.3, 0.4) is 0 Å². The monoisotopic (exact) mass is 277 g/mol. The van der Waals surface area contributed by atoms with Crippen LogP contribution >= 0.6 is 0 Å². The van der Waals surface area contributed by atoms with E-state index in [1.54, 1.807) is 18.2 Å². The zero-order chi connectivity index (χ0) is 14.8. The minimum Gasteiger partial charge on any atom is -0.313 e. The molecular formula is C15H23N3O2. The molecule has 1 fully saturated rings. The van der Waals surface area contributed by atoms with E-state index >= 15 is 0 Å². The van der Waals surface area contributed by atoms with E-state index in [-0.39, 0.29) is 10.6 Å². The summed E-state index contributed by atoms with van der Waals surface area (Å²) in [5.41, 5.74) is 6.79. The molecule has 1 saturated heterocycles. The number of hydrogen-bond donors (Lipinski definition) is 1. The Morgan fingerprint density at radius 1 is 1.50 bits per heavy atom. The zero-order valence-electron chi connectivity index (χ0n) is 12.2. The van der Waals surface area contributed by atoms with Crippen molar-refractivity contribution in [3.8, 4) is 0 Å². The lowest BCUT2D eigenvalue weighted by Gasteiger charge is -2.42. The number of nitrogens with zero attached hydrogens (tertiary/aromatic N) is 2. The number of likely N-dealkylation sites (tertiary alicyclic amines) is 1. The Labute approximate surface area is 119 Å². The minimum absolute atomic E-state index is 0.161. The van der Waals surface area contributed by atoms with Gasteiger partial charge in [0.15, 0.2) is 0 Å². The lowest BCUT2D eigenvalue weighted by atomic mass is 9.93. The van der Waals surface area contributed by atoms with Crippen LogP contribution in [0, 0.1) is 16.0 Å². The third-order valence-corrected chi connectivity index (χ3v) is 4.12. The molecule has 0 amide bonds. The first kappa shape index (κ1) is 14.9. The fourth-order valence-corrected chi connectivity index (χ4v) is 2.99. The summed E-state index contributed by atoms with van der Waals surface area (Å²) in [6.07, 6.45) is 2.87.